The number of aliphatic hydroxyl groups is 1. The zero-order chi connectivity index (χ0) is 20.6. The molecule has 6 aliphatic rings. The Morgan fingerprint density at radius 3 is 2.79 bits per heavy atom. The van der Waals surface area contributed by atoms with Gasteiger partial charge in [-0.3, -0.25) is 0 Å². The predicted octanol–water partition coefficient (Wildman–Crippen LogP) is 3.34. The molecule has 0 aromatic carbocycles. The second-order valence-electron chi connectivity index (χ2n) is 10.6. The SMILES string of the molecule is CC(C)[C@]1(O)C[C@@H]2C[C@]23[C@]2(O[C@H]2CC2C4=C(CC[C@@]23C)C(=O)OC4)[C@@H]1OC(=O)Cl. The van der Waals surface area contributed by atoms with Crippen molar-refractivity contribution in [2.75, 3.05) is 6.61 Å². The number of fused-ring (bicyclic) bond motifs is 2. The molecule has 1 saturated heterocycles. The average Bonchev–Trinajstić information content (AvgIpc) is 3.51. The zero-order valence-corrected chi connectivity index (χ0v) is 17.8. The number of hydrogen-bond donors (Lipinski definition) is 1. The Morgan fingerprint density at radius 2 is 2.10 bits per heavy atom. The summed E-state index contributed by atoms with van der Waals surface area (Å²) in [7, 11) is 0. The number of carbonyl (C=O) groups excluding carboxylic acids is 2. The number of epoxide rings is 1. The van der Waals surface area contributed by atoms with Crippen molar-refractivity contribution in [2.24, 2.45) is 28.6 Å². The first-order chi connectivity index (χ1) is 13.6. The van der Waals surface area contributed by atoms with E-state index in [1.807, 2.05) is 13.8 Å². The van der Waals surface area contributed by atoms with Crippen molar-refractivity contribution < 1.29 is 28.9 Å². The molecule has 2 spiro atoms. The highest BCUT2D eigenvalue weighted by Crippen LogP contribution is 2.87. The minimum absolute atomic E-state index is 0.0766. The van der Waals surface area contributed by atoms with E-state index in [2.05, 4.69) is 6.92 Å². The van der Waals surface area contributed by atoms with Crippen LogP contribution in [0.15, 0.2) is 11.1 Å². The molecule has 3 saturated carbocycles. The lowest BCUT2D eigenvalue weighted by Crippen LogP contribution is -2.68. The Balaban J connectivity index is 1.48. The van der Waals surface area contributed by atoms with E-state index in [0.29, 0.717) is 18.9 Å². The van der Waals surface area contributed by atoms with Crippen molar-refractivity contribution in [2.45, 2.75) is 76.3 Å². The molecule has 0 aromatic heterocycles. The molecule has 158 valence electrons. The van der Waals surface area contributed by atoms with Gasteiger partial charge < -0.3 is 19.3 Å². The molecule has 7 heteroatoms. The number of halogens is 1. The molecule has 0 radical (unpaired) electrons. The minimum atomic E-state index is -1.15. The molecule has 6 rings (SSSR count). The number of rotatable bonds is 2. The molecule has 29 heavy (non-hydrogen) atoms. The van der Waals surface area contributed by atoms with Crippen LogP contribution in [-0.2, 0) is 19.0 Å². The first-order valence-electron chi connectivity index (χ1n) is 10.8. The minimum Gasteiger partial charge on any atom is -0.458 e. The lowest BCUT2D eigenvalue weighted by atomic mass is 9.45. The van der Waals surface area contributed by atoms with Crippen molar-refractivity contribution in [3.05, 3.63) is 11.1 Å². The van der Waals surface area contributed by atoms with E-state index in [4.69, 9.17) is 25.8 Å². The fraction of sp³-hybridized carbons (Fsp3) is 0.818. The summed E-state index contributed by atoms with van der Waals surface area (Å²) in [6.07, 6.45) is 3.07. The van der Waals surface area contributed by atoms with E-state index in [-0.39, 0.29) is 34.7 Å². The topological polar surface area (TPSA) is 85.4 Å². The Labute approximate surface area is 174 Å². The normalized spacial score (nSPS) is 53.9. The molecular formula is C22H27ClO6. The first kappa shape index (κ1) is 18.6. The molecule has 2 aliphatic heterocycles. The molecule has 0 bridgehead atoms. The summed E-state index contributed by atoms with van der Waals surface area (Å²) in [5.41, 5.74) is -0.924. The van der Waals surface area contributed by atoms with Crippen LogP contribution < -0.4 is 0 Å². The van der Waals surface area contributed by atoms with E-state index in [0.717, 1.165) is 36.8 Å². The molecule has 0 amide bonds. The van der Waals surface area contributed by atoms with Crippen LogP contribution in [0, 0.1) is 28.6 Å². The summed E-state index contributed by atoms with van der Waals surface area (Å²) in [4.78, 5) is 24.0. The molecule has 2 heterocycles. The Hall–Kier alpha value is -1.11. The van der Waals surface area contributed by atoms with Crippen molar-refractivity contribution in [3.63, 3.8) is 0 Å². The van der Waals surface area contributed by atoms with E-state index < -0.39 is 22.7 Å². The zero-order valence-electron chi connectivity index (χ0n) is 17.0. The molecule has 1 N–H and O–H groups in total. The molecule has 1 unspecified atom stereocenters. The lowest BCUT2D eigenvalue weighted by molar-refractivity contribution is -0.197. The molecule has 0 aromatic rings. The van der Waals surface area contributed by atoms with Crippen LogP contribution in [0.3, 0.4) is 0 Å². The Kier molecular flexibility index (Phi) is 3.34. The van der Waals surface area contributed by atoms with Gasteiger partial charge in [0.05, 0.1) is 6.10 Å². The van der Waals surface area contributed by atoms with Crippen molar-refractivity contribution in [1.82, 2.24) is 0 Å². The molecule has 4 fully saturated rings. The summed E-state index contributed by atoms with van der Waals surface area (Å²) in [5.74, 6) is 0.305. The van der Waals surface area contributed by atoms with E-state index in [1.54, 1.807) is 0 Å². The third-order valence-electron chi connectivity index (χ3n) is 9.73. The fourth-order valence-corrected chi connectivity index (χ4v) is 8.38. The van der Waals surface area contributed by atoms with E-state index in [9.17, 15) is 14.7 Å². The second kappa shape index (κ2) is 5.20. The van der Waals surface area contributed by atoms with Crippen molar-refractivity contribution in [1.29, 1.82) is 0 Å². The summed E-state index contributed by atoms with van der Waals surface area (Å²) in [5, 5.41) is 11.7. The van der Waals surface area contributed by atoms with Crippen LogP contribution in [0.4, 0.5) is 4.79 Å². The van der Waals surface area contributed by atoms with Gasteiger partial charge in [0, 0.05) is 22.6 Å². The number of cyclic esters (lactones) is 1. The molecule has 6 nitrogen and oxygen atoms in total. The van der Waals surface area contributed by atoms with Gasteiger partial charge in [0.15, 0.2) is 6.10 Å². The highest BCUT2D eigenvalue weighted by atomic mass is 35.5. The third kappa shape index (κ3) is 1.85. The van der Waals surface area contributed by atoms with E-state index >= 15 is 0 Å². The lowest BCUT2D eigenvalue weighted by Gasteiger charge is -2.59. The second-order valence-corrected chi connectivity index (χ2v) is 11.0. The summed E-state index contributed by atoms with van der Waals surface area (Å²) < 4.78 is 17.5. The van der Waals surface area contributed by atoms with Gasteiger partial charge in [-0.05, 0) is 60.8 Å². The van der Waals surface area contributed by atoms with Crippen LogP contribution >= 0.6 is 11.6 Å². The van der Waals surface area contributed by atoms with Crippen LogP contribution in [-0.4, -0.2) is 46.5 Å². The number of hydrogen-bond acceptors (Lipinski definition) is 6. The van der Waals surface area contributed by atoms with Gasteiger partial charge in [0.25, 0.3) is 0 Å². The summed E-state index contributed by atoms with van der Waals surface area (Å²) in [6.45, 7) is 6.64. The maximum atomic E-state index is 12.2. The van der Waals surface area contributed by atoms with Crippen LogP contribution in [0.5, 0.6) is 0 Å². The smallest absolute Gasteiger partial charge is 0.404 e. The van der Waals surface area contributed by atoms with Gasteiger partial charge in [0.2, 0.25) is 0 Å². The number of esters is 1. The largest absolute Gasteiger partial charge is 0.458 e. The van der Waals surface area contributed by atoms with Crippen LogP contribution in [0.25, 0.3) is 0 Å². The maximum Gasteiger partial charge on any atom is 0.404 e. The predicted molar refractivity (Wildman–Crippen MR) is 102 cm³/mol. The average molecular weight is 423 g/mol. The first-order valence-corrected chi connectivity index (χ1v) is 11.1. The quantitative estimate of drug-likeness (QED) is 0.417. The Morgan fingerprint density at radius 1 is 1.34 bits per heavy atom. The van der Waals surface area contributed by atoms with Gasteiger partial charge in [-0.2, -0.15) is 0 Å². The van der Waals surface area contributed by atoms with Gasteiger partial charge in [-0.1, -0.05) is 20.8 Å². The van der Waals surface area contributed by atoms with Crippen molar-refractivity contribution >= 4 is 23.0 Å². The third-order valence-corrected chi connectivity index (χ3v) is 9.82. The monoisotopic (exact) mass is 422 g/mol. The Bertz CT molecular complexity index is 883. The van der Waals surface area contributed by atoms with Gasteiger partial charge in [0.1, 0.15) is 17.8 Å². The van der Waals surface area contributed by atoms with Crippen LogP contribution in [0.1, 0.15) is 52.9 Å². The molecule has 8 atom stereocenters. The fourth-order valence-electron chi connectivity index (χ4n) is 8.29. The van der Waals surface area contributed by atoms with Gasteiger partial charge in [-0.15, -0.1) is 0 Å². The molecule has 4 aliphatic carbocycles. The van der Waals surface area contributed by atoms with Gasteiger partial charge >= 0.3 is 11.4 Å². The van der Waals surface area contributed by atoms with Crippen molar-refractivity contribution in [3.8, 4) is 0 Å². The standard InChI is InChI=1S/C22H27ClO6/c1-10(2)20(26)7-11-8-21(11)19(3)5-4-12-13(9-27-16(12)24)14(19)6-15-22(21,29-15)17(20)28-18(23)25/h10-11,14-15,17,26H,4-9H2,1-3H3/t11-,14?,15+,17-,19+,20-,21+,22-/m1/s1. The number of carbonyl (C=O) groups is 2. The highest BCUT2D eigenvalue weighted by Gasteiger charge is 2.93. The van der Waals surface area contributed by atoms with Crippen LogP contribution in [0.2, 0.25) is 0 Å². The molecular weight excluding hydrogens is 396 g/mol. The maximum absolute atomic E-state index is 12.2. The van der Waals surface area contributed by atoms with Gasteiger partial charge in [-0.25, -0.2) is 9.59 Å². The summed E-state index contributed by atoms with van der Waals surface area (Å²) in [6, 6.07) is 0. The summed E-state index contributed by atoms with van der Waals surface area (Å²) >= 11 is 5.69. The highest BCUT2D eigenvalue weighted by molar-refractivity contribution is 6.61. The van der Waals surface area contributed by atoms with E-state index in [1.165, 1.54) is 0 Å². The number of ether oxygens (including phenoxy) is 3.